The van der Waals surface area contributed by atoms with Crippen molar-refractivity contribution in [3.63, 3.8) is 0 Å². The number of aliphatic hydroxyl groups excluding tert-OH is 1. The lowest BCUT2D eigenvalue weighted by atomic mass is 10.7. The molecule has 0 heterocycles. The van der Waals surface area contributed by atoms with E-state index >= 15 is 0 Å². The monoisotopic (exact) mass is 220 g/mol. The Morgan fingerprint density at radius 3 is 2.46 bits per heavy atom. The van der Waals surface area contributed by atoms with Gasteiger partial charge in [0.1, 0.15) is 6.26 Å². The molecular formula is C8H16N2OS2. The average molecular weight is 220 g/mol. The predicted molar refractivity (Wildman–Crippen MR) is 62.1 cm³/mol. The van der Waals surface area contributed by atoms with Crippen molar-refractivity contribution in [1.82, 2.24) is 4.31 Å². The highest BCUT2D eigenvalue weighted by molar-refractivity contribution is 8.22. The fraction of sp³-hybridized carbons (Fsp3) is 0.500. The van der Waals surface area contributed by atoms with Crippen molar-refractivity contribution >= 4 is 23.7 Å². The summed E-state index contributed by atoms with van der Waals surface area (Å²) in [6.07, 6.45) is 2.56. The van der Waals surface area contributed by atoms with Gasteiger partial charge in [0.15, 0.2) is 0 Å². The van der Waals surface area contributed by atoms with E-state index < -0.39 is 0 Å². The molecule has 3 nitrogen and oxygen atoms in total. The molecule has 0 fully saturated rings. The first-order chi connectivity index (χ1) is 6.28. The SMILES string of the molecule is CCN(CC)S/C(=C\O)S/C=C/N. The quantitative estimate of drug-likeness (QED) is 0.532. The zero-order valence-electron chi connectivity index (χ0n) is 7.93. The van der Waals surface area contributed by atoms with Crippen LogP contribution < -0.4 is 5.73 Å². The molecule has 0 aliphatic heterocycles. The summed E-state index contributed by atoms with van der Waals surface area (Å²) < 4.78 is 2.96. The minimum Gasteiger partial charge on any atom is -0.514 e. The smallest absolute Gasteiger partial charge is 0.101 e. The summed E-state index contributed by atoms with van der Waals surface area (Å²) in [5, 5.41) is 10.6. The van der Waals surface area contributed by atoms with Gasteiger partial charge in [0, 0.05) is 19.3 Å². The summed E-state index contributed by atoms with van der Waals surface area (Å²) >= 11 is 2.94. The third-order valence-corrected chi connectivity index (χ3v) is 3.50. The Morgan fingerprint density at radius 1 is 1.46 bits per heavy atom. The first-order valence-electron chi connectivity index (χ1n) is 4.09. The highest BCUT2D eigenvalue weighted by Gasteiger charge is 2.04. The molecule has 0 rings (SSSR count). The molecular weight excluding hydrogens is 204 g/mol. The summed E-state index contributed by atoms with van der Waals surface area (Å²) in [5.41, 5.74) is 5.19. The second kappa shape index (κ2) is 8.34. The summed E-state index contributed by atoms with van der Waals surface area (Å²) in [4.78, 5) is 0. The van der Waals surface area contributed by atoms with Gasteiger partial charge >= 0.3 is 0 Å². The van der Waals surface area contributed by atoms with Gasteiger partial charge in [-0.15, -0.1) is 0 Å². The van der Waals surface area contributed by atoms with Crippen LogP contribution in [0, 0.1) is 0 Å². The molecule has 0 saturated heterocycles. The van der Waals surface area contributed by atoms with Crippen molar-refractivity contribution in [2.24, 2.45) is 5.73 Å². The van der Waals surface area contributed by atoms with Crippen molar-refractivity contribution < 1.29 is 5.11 Å². The van der Waals surface area contributed by atoms with E-state index in [1.165, 1.54) is 29.9 Å². The molecule has 0 aromatic rings. The molecule has 3 N–H and O–H groups in total. The lowest BCUT2D eigenvalue weighted by Gasteiger charge is -2.16. The lowest BCUT2D eigenvalue weighted by Crippen LogP contribution is -2.13. The van der Waals surface area contributed by atoms with E-state index in [9.17, 15) is 0 Å². The van der Waals surface area contributed by atoms with Crippen molar-refractivity contribution in [3.8, 4) is 0 Å². The molecule has 13 heavy (non-hydrogen) atoms. The zero-order chi connectivity index (χ0) is 10.1. The molecule has 0 saturated carbocycles. The Bertz CT molecular complexity index is 179. The molecule has 0 amide bonds. The summed E-state index contributed by atoms with van der Waals surface area (Å²) in [5.74, 6) is 0. The standard InChI is InChI=1S/C8H16N2OS2/c1-3-10(4-2)13-8(7-11)12-6-5-9/h5-7,11H,3-4,9H2,1-2H3/b6-5+,8-7-. The third-order valence-electron chi connectivity index (χ3n) is 1.29. The van der Waals surface area contributed by atoms with Crippen LogP contribution in [-0.2, 0) is 0 Å². The Morgan fingerprint density at radius 2 is 2.08 bits per heavy atom. The minimum absolute atomic E-state index is 0.824. The first kappa shape index (κ1) is 12.7. The van der Waals surface area contributed by atoms with Gasteiger partial charge in [0.05, 0.1) is 4.24 Å². The fourth-order valence-electron chi connectivity index (χ4n) is 0.662. The Labute approximate surface area is 88.2 Å². The molecule has 0 radical (unpaired) electrons. The van der Waals surface area contributed by atoms with Crippen molar-refractivity contribution in [2.45, 2.75) is 13.8 Å². The summed E-state index contributed by atoms with van der Waals surface area (Å²) in [6, 6.07) is 0. The topological polar surface area (TPSA) is 49.5 Å². The van der Waals surface area contributed by atoms with E-state index in [1.807, 2.05) is 0 Å². The number of rotatable bonds is 6. The number of aliphatic hydroxyl groups is 1. The van der Waals surface area contributed by atoms with Crippen LogP contribution in [0.4, 0.5) is 0 Å². The van der Waals surface area contributed by atoms with Crippen LogP contribution in [0.15, 0.2) is 22.1 Å². The van der Waals surface area contributed by atoms with E-state index in [2.05, 4.69) is 18.2 Å². The lowest BCUT2D eigenvalue weighted by molar-refractivity contribution is 0.473. The van der Waals surface area contributed by atoms with Gasteiger partial charge in [-0.05, 0) is 17.4 Å². The Kier molecular flexibility index (Phi) is 8.18. The van der Waals surface area contributed by atoms with Crippen LogP contribution in [0.25, 0.3) is 0 Å². The minimum atomic E-state index is 0.824. The van der Waals surface area contributed by atoms with Gasteiger partial charge in [0.2, 0.25) is 0 Å². The normalized spacial score (nSPS) is 13.0. The molecule has 0 aromatic heterocycles. The second-order valence-electron chi connectivity index (χ2n) is 2.10. The predicted octanol–water partition coefficient (Wildman–Crippen LogP) is 2.50. The molecule has 0 unspecified atom stereocenters. The Balaban J connectivity index is 3.97. The van der Waals surface area contributed by atoms with Gasteiger partial charge in [-0.25, -0.2) is 4.31 Å². The van der Waals surface area contributed by atoms with Crippen LogP contribution in [-0.4, -0.2) is 22.5 Å². The highest BCUT2D eigenvalue weighted by atomic mass is 32.2. The second-order valence-corrected chi connectivity index (χ2v) is 4.44. The molecule has 76 valence electrons. The maximum atomic E-state index is 8.89. The van der Waals surface area contributed by atoms with Crippen LogP contribution in [0.5, 0.6) is 0 Å². The number of thioether (sulfide) groups is 1. The van der Waals surface area contributed by atoms with Crippen LogP contribution >= 0.6 is 23.7 Å². The largest absolute Gasteiger partial charge is 0.514 e. The number of hydrogen-bond acceptors (Lipinski definition) is 5. The average Bonchev–Trinajstić information content (AvgIpc) is 2.19. The van der Waals surface area contributed by atoms with Crippen LogP contribution in [0.3, 0.4) is 0 Å². The molecule has 5 heteroatoms. The van der Waals surface area contributed by atoms with E-state index in [1.54, 1.807) is 5.41 Å². The number of nitrogens with two attached hydrogens (primary N) is 1. The zero-order valence-corrected chi connectivity index (χ0v) is 9.57. The van der Waals surface area contributed by atoms with Crippen LogP contribution in [0.2, 0.25) is 0 Å². The Hall–Kier alpha value is -0.260. The van der Waals surface area contributed by atoms with Crippen molar-refractivity contribution in [1.29, 1.82) is 0 Å². The molecule has 0 bridgehead atoms. The van der Waals surface area contributed by atoms with Gasteiger partial charge in [-0.1, -0.05) is 25.6 Å². The maximum Gasteiger partial charge on any atom is 0.101 e. The number of hydrogen-bond donors (Lipinski definition) is 2. The van der Waals surface area contributed by atoms with Gasteiger partial charge < -0.3 is 10.8 Å². The van der Waals surface area contributed by atoms with E-state index in [0.29, 0.717) is 0 Å². The van der Waals surface area contributed by atoms with Gasteiger partial charge in [-0.2, -0.15) is 0 Å². The molecule has 0 atom stereocenters. The maximum absolute atomic E-state index is 8.89. The molecule has 0 aliphatic rings. The third kappa shape index (κ3) is 5.90. The van der Waals surface area contributed by atoms with Crippen LogP contribution in [0.1, 0.15) is 13.8 Å². The summed E-state index contributed by atoms with van der Waals surface area (Å²) in [6.45, 7) is 6.06. The highest BCUT2D eigenvalue weighted by Crippen LogP contribution is 2.30. The van der Waals surface area contributed by atoms with Crippen molar-refractivity contribution in [3.05, 3.63) is 22.1 Å². The molecule has 0 aliphatic carbocycles. The first-order valence-corrected chi connectivity index (χ1v) is 5.74. The van der Waals surface area contributed by atoms with Gasteiger partial charge in [0.25, 0.3) is 0 Å². The van der Waals surface area contributed by atoms with E-state index in [4.69, 9.17) is 10.8 Å². The number of nitrogens with zero attached hydrogens (tertiary/aromatic N) is 1. The van der Waals surface area contributed by atoms with Crippen molar-refractivity contribution in [2.75, 3.05) is 13.1 Å². The van der Waals surface area contributed by atoms with E-state index in [0.717, 1.165) is 23.6 Å². The molecule has 0 spiro atoms. The van der Waals surface area contributed by atoms with E-state index in [-0.39, 0.29) is 0 Å². The fourth-order valence-corrected chi connectivity index (χ4v) is 2.15. The summed E-state index contributed by atoms with van der Waals surface area (Å²) in [7, 11) is 0. The van der Waals surface area contributed by atoms with Gasteiger partial charge in [-0.3, -0.25) is 0 Å². The molecule has 0 aromatic carbocycles.